The Hall–Kier alpha value is -2.56. The first kappa shape index (κ1) is 17.8. The Kier molecular flexibility index (Phi) is 5.28. The molecule has 0 atom stereocenters. The van der Waals surface area contributed by atoms with Gasteiger partial charge in [-0.1, -0.05) is 57.9 Å². The number of anilines is 2. The highest BCUT2D eigenvalue weighted by atomic mass is 79.9. The zero-order valence-electron chi connectivity index (χ0n) is 14.3. The molecule has 1 aromatic heterocycles. The van der Waals surface area contributed by atoms with E-state index in [1.165, 1.54) is 0 Å². The standard InChI is InChI=1S/C22H16BrClN2O/c23-16-6-8-20-18(12-16)21(10-11-25-20)26-17-7-9-22(19(24)13-17)27-14-15-4-2-1-3-5-15/h1-13H,14H2,(H,25,26). The predicted molar refractivity (Wildman–Crippen MR) is 115 cm³/mol. The minimum atomic E-state index is 0.482. The fourth-order valence-electron chi connectivity index (χ4n) is 2.81. The van der Waals surface area contributed by atoms with Crippen LogP contribution < -0.4 is 10.1 Å². The number of halogens is 2. The summed E-state index contributed by atoms with van der Waals surface area (Å²) in [4.78, 5) is 4.40. The van der Waals surface area contributed by atoms with Crippen LogP contribution in [0.3, 0.4) is 0 Å². The van der Waals surface area contributed by atoms with Gasteiger partial charge in [-0.15, -0.1) is 0 Å². The van der Waals surface area contributed by atoms with Crippen molar-refractivity contribution >= 4 is 49.8 Å². The number of nitrogens with one attached hydrogen (secondary N) is 1. The molecule has 0 aliphatic heterocycles. The molecule has 0 fully saturated rings. The van der Waals surface area contributed by atoms with Crippen LogP contribution in [0, 0.1) is 0 Å². The molecule has 1 heterocycles. The van der Waals surface area contributed by atoms with E-state index in [1.807, 2.05) is 72.8 Å². The fraction of sp³-hybridized carbons (Fsp3) is 0.0455. The number of aromatic nitrogens is 1. The first-order valence-electron chi connectivity index (χ1n) is 8.46. The van der Waals surface area contributed by atoms with Gasteiger partial charge in [-0.2, -0.15) is 0 Å². The van der Waals surface area contributed by atoms with Crippen molar-refractivity contribution in [1.82, 2.24) is 4.98 Å². The number of hydrogen-bond acceptors (Lipinski definition) is 3. The Balaban J connectivity index is 1.54. The normalized spacial score (nSPS) is 10.7. The lowest BCUT2D eigenvalue weighted by atomic mass is 10.2. The summed E-state index contributed by atoms with van der Waals surface area (Å²) < 4.78 is 6.85. The molecule has 3 nitrogen and oxygen atoms in total. The molecule has 0 bridgehead atoms. The van der Waals surface area contributed by atoms with Crippen LogP contribution >= 0.6 is 27.5 Å². The number of ether oxygens (including phenoxy) is 1. The van der Waals surface area contributed by atoms with Gasteiger partial charge in [0.05, 0.1) is 10.5 Å². The highest BCUT2D eigenvalue weighted by Gasteiger charge is 2.07. The molecule has 4 aromatic rings. The van der Waals surface area contributed by atoms with Gasteiger partial charge in [-0.25, -0.2) is 0 Å². The number of fused-ring (bicyclic) bond motifs is 1. The molecule has 0 radical (unpaired) electrons. The van der Waals surface area contributed by atoms with Crippen LogP contribution in [0.1, 0.15) is 5.56 Å². The first-order chi connectivity index (χ1) is 13.2. The summed E-state index contributed by atoms with van der Waals surface area (Å²) in [7, 11) is 0. The van der Waals surface area contributed by atoms with Crippen LogP contribution in [0.4, 0.5) is 11.4 Å². The van der Waals surface area contributed by atoms with Gasteiger partial charge in [0.2, 0.25) is 0 Å². The SMILES string of the molecule is Clc1cc(Nc2ccnc3ccc(Br)cc23)ccc1OCc1ccccc1. The van der Waals surface area contributed by atoms with Crippen molar-refractivity contribution in [3.8, 4) is 5.75 Å². The van der Waals surface area contributed by atoms with Gasteiger partial charge in [0.15, 0.2) is 0 Å². The maximum atomic E-state index is 6.42. The van der Waals surface area contributed by atoms with E-state index < -0.39 is 0 Å². The van der Waals surface area contributed by atoms with Gasteiger partial charge in [0, 0.05) is 27.4 Å². The molecule has 134 valence electrons. The summed E-state index contributed by atoms with van der Waals surface area (Å²) in [6, 6.07) is 23.7. The van der Waals surface area contributed by atoms with Crippen LogP contribution in [0.25, 0.3) is 10.9 Å². The number of nitrogens with zero attached hydrogens (tertiary/aromatic N) is 1. The van der Waals surface area contributed by atoms with E-state index in [2.05, 4.69) is 26.2 Å². The van der Waals surface area contributed by atoms with Crippen LogP contribution in [-0.4, -0.2) is 4.98 Å². The van der Waals surface area contributed by atoms with Crippen molar-refractivity contribution in [2.45, 2.75) is 6.61 Å². The highest BCUT2D eigenvalue weighted by molar-refractivity contribution is 9.10. The smallest absolute Gasteiger partial charge is 0.138 e. The van der Waals surface area contributed by atoms with E-state index in [0.29, 0.717) is 17.4 Å². The van der Waals surface area contributed by atoms with Crippen LogP contribution in [0.15, 0.2) is 83.5 Å². The van der Waals surface area contributed by atoms with Gasteiger partial charge >= 0.3 is 0 Å². The Morgan fingerprint density at radius 2 is 1.81 bits per heavy atom. The van der Waals surface area contributed by atoms with Crippen molar-refractivity contribution in [3.05, 3.63) is 94.1 Å². The molecule has 0 saturated heterocycles. The molecule has 0 aliphatic carbocycles. The maximum Gasteiger partial charge on any atom is 0.138 e. The molecule has 0 aliphatic rings. The third-order valence-electron chi connectivity index (χ3n) is 4.15. The number of hydrogen-bond donors (Lipinski definition) is 1. The molecule has 3 aromatic carbocycles. The molecular weight excluding hydrogens is 424 g/mol. The van der Waals surface area contributed by atoms with E-state index in [9.17, 15) is 0 Å². The second kappa shape index (κ2) is 7.99. The Morgan fingerprint density at radius 1 is 0.963 bits per heavy atom. The minimum absolute atomic E-state index is 0.482. The summed E-state index contributed by atoms with van der Waals surface area (Å²) in [6.45, 7) is 0.482. The largest absolute Gasteiger partial charge is 0.487 e. The van der Waals surface area contributed by atoms with Gasteiger partial charge in [-0.05, 0) is 48.0 Å². The number of benzene rings is 3. The van der Waals surface area contributed by atoms with Gasteiger partial charge in [0.25, 0.3) is 0 Å². The second-order valence-corrected chi connectivity index (χ2v) is 7.39. The first-order valence-corrected chi connectivity index (χ1v) is 9.64. The Labute approximate surface area is 171 Å². The summed E-state index contributed by atoms with van der Waals surface area (Å²) in [5.41, 5.74) is 3.89. The van der Waals surface area contributed by atoms with E-state index in [0.717, 1.165) is 32.3 Å². The van der Waals surface area contributed by atoms with Gasteiger partial charge in [0.1, 0.15) is 12.4 Å². The highest BCUT2D eigenvalue weighted by Crippen LogP contribution is 2.32. The second-order valence-electron chi connectivity index (χ2n) is 6.06. The molecule has 0 saturated carbocycles. The van der Waals surface area contributed by atoms with Crippen LogP contribution in [0.2, 0.25) is 5.02 Å². The third kappa shape index (κ3) is 4.24. The quantitative estimate of drug-likeness (QED) is 0.364. The molecule has 5 heteroatoms. The van der Waals surface area contributed by atoms with Crippen molar-refractivity contribution in [2.75, 3.05) is 5.32 Å². The minimum Gasteiger partial charge on any atom is -0.487 e. The zero-order valence-corrected chi connectivity index (χ0v) is 16.7. The predicted octanol–water partition coefficient (Wildman–Crippen LogP) is 6.97. The molecule has 1 N–H and O–H groups in total. The lowest BCUT2D eigenvalue weighted by Gasteiger charge is -2.12. The lowest BCUT2D eigenvalue weighted by molar-refractivity contribution is 0.306. The lowest BCUT2D eigenvalue weighted by Crippen LogP contribution is -1.97. The number of rotatable bonds is 5. The molecule has 27 heavy (non-hydrogen) atoms. The molecule has 4 rings (SSSR count). The van der Waals surface area contributed by atoms with Crippen molar-refractivity contribution in [1.29, 1.82) is 0 Å². The van der Waals surface area contributed by atoms with Crippen molar-refractivity contribution in [2.24, 2.45) is 0 Å². The molecular formula is C22H16BrClN2O. The van der Waals surface area contributed by atoms with Crippen molar-refractivity contribution in [3.63, 3.8) is 0 Å². The molecule has 0 unspecified atom stereocenters. The summed E-state index contributed by atoms with van der Waals surface area (Å²) in [5.74, 6) is 0.661. The van der Waals surface area contributed by atoms with Crippen molar-refractivity contribution < 1.29 is 4.74 Å². The van der Waals surface area contributed by atoms with Crippen LogP contribution in [0.5, 0.6) is 5.75 Å². The van der Waals surface area contributed by atoms with Gasteiger partial charge in [-0.3, -0.25) is 4.98 Å². The number of pyridine rings is 1. The summed E-state index contributed by atoms with van der Waals surface area (Å²) in [6.07, 6.45) is 1.79. The summed E-state index contributed by atoms with van der Waals surface area (Å²) in [5, 5.41) is 5.02. The Bertz CT molecular complexity index is 1090. The Morgan fingerprint density at radius 3 is 2.63 bits per heavy atom. The summed E-state index contributed by atoms with van der Waals surface area (Å²) >= 11 is 9.94. The van der Waals surface area contributed by atoms with E-state index >= 15 is 0 Å². The van der Waals surface area contributed by atoms with Gasteiger partial charge < -0.3 is 10.1 Å². The zero-order chi connectivity index (χ0) is 18.6. The topological polar surface area (TPSA) is 34.2 Å². The van der Waals surface area contributed by atoms with E-state index in [4.69, 9.17) is 16.3 Å². The third-order valence-corrected chi connectivity index (χ3v) is 4.94. The maximum absolute atomic E-state index is 6.42. The monoisotopic (exact) mass is 438 g/mol. The molecule has 0 spiro atoms. The average Bonchev–Trinajstić information content (AvgIpc) is 2.69. The van der Waals surface area contributed by atoms with Crippen LogP contribution in [-0.2, 0) is 6.61 Å². The fourth-order valence-corrected chi connectivity index (χ4v) is 3.41. The van der Waals surface area contributed by atoms with E-state index in [-0.39, 0.29) is 0 Å². The van der Waals surface area contributed by atoms with E-state index in [1.54, 1.807) is 6.20 Å². The molecule has 0 amide bonds. The average molecular weight is 440 g/mol.